The Morgan fingerprint density at radius 3 is 2.63 bits per heavy atom. The van der Waals surface area contributed by atoms with E-state index in [4.69, 9.17) is 0 Å². The fraction of sp³-hybridized carbons (Fsp3) is 0.294. The number of hydrogen-bond donors (Lipinski definition) is 2. The maximum Gasteiger partial charge on any atom is 0.432 e. The molecule has 3 heterocycles. The molecule has 5 nitrogen and oxygen atoms in total. The number of benzene rings is 1. The number of rotatable bonds is 1. The van der Waals surface area contributed by atoms with Crippen LogP contribution in [0.1, 0.15) is 34.4 Å². The third kappa shape index (κ3) is 2.75. The summed E-state index contributed by atoms with van der Waals surface area (Å²) in [6.45, 7) is 1.64. The van der Waals surface area contributed by atoms with E-state index in [9.17, 15) is 26.7 Å². The lowest BCUT2D eigenvalue weighted by Gasteiger charge is -2.33. The lowest BCUT2D eigenvalue weighted by molar-refractivity contribution is -0.141. The molecule has 4 rings (SSSR count). The summed E-state index contributed by atoms with van der Waals surface area (Å²) in [6.07, 6.45) is -4.37. The number of H-pyrrole nitrogens is 2. The maximum absolute atomic E-state index is 14.2. The van der Waals surface area contributed by atoms with Crippen molar-refractivity contribution in [3.8, 4) is 0 Å². The zero-order chi connectivity index (χ0) is 19.5. The second-order valence-electron chi connectivity index (χ2n) is 6.51. The van der Waals surface area contributed by atoms with Gasteiger partial charge < -0.3 is 9.88 Å². The van der Waals surface area contributed by atoms with Crippen molar-refractivity contribution < 1.29 is 26.7 Å². The van der Waals surface area contributed by atoms with Crippen LogP contribution in [0.25, 0.3) is 10.9 Å². The van der Waals surface area contributed by atoms with Crippen LogP contribution in [0.2, 0.25) is 0 Å². The number of alkyl halides is 3. The van der Waals surface area contributed by atoms with Gasteiger partial charge in [0.2, 0.25) is 0 Å². The van der Waals surface area contributed by atoms with Gasteiger partial charge in [0.25, 0.3) is 5.91 Å². The van der Waals surface area contributed by atoms with Crippen molar-refractivity contribution in [1.82, 2.24) is 20.1 Å². The van der Waals surface area contributed by atoms with Crippen molar-refractivity contribution >= 4 is 16.8 Å². The average molecular weight is 384 g/mol. The molecule has 0 spiro atoms. The Hall–Kier alpha value is -2.91. The molecule has 0 aliphatic carbocycles. The van der Waals surface area contributed by atoms with Gasteiger partial charge in [-0.15, -0.1) is 0 Å². The van der Waals surface area contributed by atoms with Gasteiger partial charge in [0, 0.05) is 41.7 Å². The number of amides is 1. The first-order chi connectivity index (χ1) is 12.7. The summed E-state index contributed by atoms with van der Waals surface area (Å²) in [5.41, 5.74) is -0.482. The van der Waals surface area contributed by atoms with E-state index in [0.29, 0.717) is 17.3 Å². The van der Waals surface area contributed by atoms with E-state index in [-0.39, 0.29) is 29.6 Å². The highest BCUT2D eigenvalue weighted by atomic mass is 19.4. The first kappa shape index (κ1) is 17.5. The molecule has 27 heavy (non-hydrogen) atoms. The van der Waals surface area contributed by atoms with Crippen molar-refractivity contribution in [2.75, 3.05) is 0 Å². The Bertz CT molecular complexity index is 1050. The molecule has 1 atom stereocenters. The summed E-state index contributed by atoms with van der Waals surface area (Å²) in [4.78, 5) is 16.8. The minimum atomic E-state index is -4.65. The van der Waals surface area contributed by atoms with Crippen molar-refractivity contribution in [1.29, 1.82) is 0 Å². The largest absolute Gasteiger partial charge is 0.432 e. The molecule has 3 aromatic rings. The van der Waals surface area contributed by atoms with Crippen LogP contribution in [0, 0.1) is 11.6 Å². The number of carbonyl (C=O) groups is 1. The average Bonchev–Trinajstić information content (AvgIpc) is 3.22. The number of aromatic amines is 2. The number of carbonyl (C=O) groups excluding carboxylic acids is 1. The molecule has 0 unspecified atom stereocenters. The van der Waals surface area contributed by atoms with Gasteiger partial charge in [-0.3, -0.25) is 9.89 Å². The van der Waals surface area contributed by atoms with Crippen LogP contribution < -0.4 is 0 Å². The van der Waals surface area contributed by atoms with E-state index < -0.39 is 35.5 Å². The molecule has 0 fully saturated rings. The second-order valence-corrected chi connectivity index (χ2v) is 6.51. The number of halogens is 5. The highest BCUT2D eigenvalue weighted by Gasteiger charge is 2.36. The van der Waals surface area contributed by atoms with Crippen molar-refractivity contribution in [2.24, 2.45) is 0 Å². The van der Waals surface area contributed by atoms with Crippen LogP contribution in [-0.4, -0.2) is 32.0 Å². The standard InChI is InChI=1S/C17H13F5N4O/c1-7-4-11-8(14-9(18)2-3-10(19)15(14)23-11)6-26(7)16(27)12-5-13(25-24-12)17(20,21)22/h2-3,5,7,23H,4,6H2,1H3,(H,24,25)/t7-/m0/s1. The lowest BCUT2D eigenvalue weighted by atomic mass is 9.98. The highest BCUT2D eigenvalue weighted by Crippen LogP contribution is 2.34. The number of aromatic nitrogens is 3. The Balaban J connectivity index is 1.72. The highest BCUT2D eigenvalue weighted by molar-refractivity contribution is 5.94. The zero-order valence-electron chi connectivity index (χ0n) is 13.9. The second kappa shape index (κ2) is 5.80. The van der Waals surface area contributed by atoms with Gasteiger partial charge >= 0.3 is 6.18 Å². The van der Waals surface area contributed by atoms with Crippen LogP contribution >= 0.6 is 0 Å². The van der Waals surface area contributed by atoms with Gasteiger partial charge in [-0.25, -0.2) is 8.78 Å². The monoisotopic (exact) mass is 384 g/mol. The number of fused-ring (bicyclic) bond motifs is 3. The van der Waals surface area contributed by atoms with Crippen LogP contribution in [0.4, 0.5) is 22.0 Å². The molecular weight excluding hydrogens is 371 g/mol. The predicted molar refractivity (Wildman–Crippen MR) is 84.8 cm³/mol. The summed E-state index contributed by atoms with van der Waals surface area (Å²) >= 11 is 0. The molecule has 0 bridgehead atoms. The summed E-state index contributed by atoms with van der Waals surface area (Å²) in [7, 11) is 0. The minimum absolute atomic E-state index is 0.0145. The number of nitrogens with one attached hydrogen (secondary N) is 2. The summed E-state index contributed by atoms with van der Waals surface area (Å²) in [6, 6.07) is 2.25. The summed E-state index contributed by atoms with van der Waals surface area (Å²) in [5.74, 6) is -1.97. The molecule has 142 valence electrons. The molecule has 2 N–H and O–H groups in total. The van der Waals surface area contributed by atoms with E-state index >= 15 is 0 Å². The fourth-order valence-electron chi connectivity index (χ4n) is 3.42. The van der Waals surface area contributed by atoms with E-state index in [1.165, 1.54) is 4.90 Å². The summed E-state index contributed by atoms with van der Waals surface area (Å²) < 4.78 is 66.4. The molecule has 2 aromatic heterocycles. The molecular formula is C17H13F5N4O. The Labute approximate surface area is 149 Å². The van der Waals surface area contributed by atoms with Crippen LogP contribution in [0.3, 0.4) is 0 Å². The topological polar surface area (TPSA) is 64.8 Å². The molecule has 0 saturated heterocycles. The van der Waals surface area contributed by atoms with E-state index in [1.807, 2.05) is 0 Å². The SMILES string of the molecule is C[C@H]1Cc2[nH]c3c(F)ccc(F)c3c2CN1C(=O)c1cc(C(F)(F)F)[nH]n1. The molecule has 1 aliphatic heterocycles. The van der Waals surface area contributed by atoms with E-state index in [2.05, 4.69) is 10.1 Å². The fourth-order valence-corrected chi connectivity index (χ4v) is 3.42. The molecule has 1 aliphatic rings. The molecule has 10 heteroatoms. The van der Waals surface area contributed by atoms with Gasteiger partial charge in [-0.1, -0.05) is 0 Å². The quantitative estimate of drug-likeness (QED) is 0.628. The smallest absolute Gasteiger partial charge is 0.356 e. The third-order valence-electron chi connectivity index (χ3n) is 4.77. The van der Waals surface area contributed by atoms with Crippen LogP contribution in [0.5, 0.6) is 0 Å². The van der Waals surface area contributed by atoms with Crippen molar-refractivity contribution in [3.05, 3.63) is 52.5 Å². The Morgan fingerprint density at radius 1 is 1.26 bits per heavy atom. The van der Waals surface area contributed by atoms with Gasteiger partial charge in [0.15, 0.2) is 5.69 Å². The maximum atomic E-state index is 14.2. The first-order valence-corrected chi connectivity index (χ1v) is 8.08. The number of nitrogens with zero attached hydrogens (tertiary/aromatic N) is 2. The van der Waals surface area contributed by atoms with Gasteiger partial charge in [-0.05, 0) is 19.1 Å². The molecule has 1 aromatic carbocycles. The van der Waals surface area contributed by atoms with E-state index in [0.717, 1.165) is 12.1 Å². The molecule has 0 saturated carbocycles. The van der Waals surface area contributed by atoms with Crippen LogP contribution in [-0.2, 0) is 19.1 Å². The predicted octanol–water partition coefficient (Wildman–Crippen LogP) is 3.78. The third-order valence-corrected chi connectivity index (χ3v) is 4.77. The first-order valence-electron chi connectivity index (χ1n) is 8.08. The Kier molecular flexibility index (Phi) is 3.76. The Morgan fingerprint density at radius 2 is 1.96 bits per heavy atom. The molecule has 1 amide bonds. The van der Waals surface area contributed by atoms with Crippen LogP contribution in [0.15, 0.2) is 18.2 Å². The minimum Gasteiger partial charge on any atom is -0.356 e. The lowest BCUT2D eigenvalue weighted by Crippen LogP contribution is -2.42. The molecule has 0 radical (unpaired) electrons. The zero-order valence-corrected chi connectivity index (χ0v) is 13.9. The van der Waals surface area contributed by atoms with Gasteiger partial charge in [0.1, 0.15) is 17.3 Å². The van der Waals surface area contributed by atoms with Crippen molar-refractivity contribution in [3.63, 3.8) is 0 Å². The normalized spacial score (nSPS) is 17.4. The number of hydrogen-bond acceptors (Lipinski definition) is 2. The summed E-state index contributed by atoms with van der Waals surface area (Å²) in [5, 5.41) is 5.30. The van der Waals surface area contributed by atoms with Gasteiger partial charge in [0.05, 0.1) is 5.52 Å². The van der Waals surface area contributed by atoms with Crippen molar-refractivity contribution in [2.45, 2.75) is 32.1 Å². The van der Waals surface area contributed by atoms with E-state index in [1.54, 1.807) is 12.0 Å². The van der Waals surface area contributed by atoms with Gasteiger partial charge in [-0.2, -0.15) is 18.3 Å².